The number of amides is 2. The minimum Gasteiger partial charge on any atom is -0.454 e. The van der Waals surface area contributed by atoms with E-state index in [1.54, 1.807) is 17.0 Å². The molecule has 0 radical (unpaired) electrons. The summed E-state index contributed by atoms with van der Waals surface area (Å²) in [5.41, 5.74) is 0.756. The number of anilines is 1. The molecular weight excluding hydrogens is 308 g/mol. The normalized spacial score (nSPS) is 19.2. The molecule has 1 aromatic rings. The highest BCUT2D eigenvalue weighted by atomic mass is 16.7. The van der Waals surface area contributed by atoms with Gasteiger partial charge >= 0.3 is 0 Å². The SMILES string of the molecule is CCN(CC(C)C)C(=O)[C@@H]1CC(=O)N(c2ccc3c(c2)OCO3)C1. The van der Waals surface area contributed by atoms with Crippen molar-refractivity contribution in [1.82, 2.24) is 4.90 Å². The lowest BCUT2D eigenvalue weighted by Gasteiger charge is -2.26. The molecule has 130 valence electrons. The third kappa shape index (κ3) is 3.18. The first-order chi connectivity index (χ1) is 11.5. The van der Waals surface area contributed by atoms with Gasteiger partial charge in [-0.1, -0.05) is 13.8 Å². The second kappa shape index (κ2) is 6.71. The monoisotopic (exact) mass is 332 g/mol. The average Bonchev–Trinajstić information content (AvgIpc) is 3.17. The lowest BCUT2D eigenvalue weighted by molar-refractivity contribution is -0.136. The Labute approximate surface area is 142 Å². The highest BCUT2D eigenvalue weighted by Crippen LogP contribution is 2.37. The van der Waals surface area contributed by atoms with Crippen molar-refractivity contribution in [3.8, 4) is 11.5 Å². The Morgan fingerprint density at radius 3 is 2.79 bits per heavy atom. The summed E-state index contributed by atoms with van der Waals surface area (Å²) in [7, 11) is 0. The second-order valence-electron chi connectivity index (χ2n) is 6.71. The van der Waals surface area contributed by atoms with Gasteiger partial charge in [-0.3, -0.25) is 9.59 Å². The number of nitrogens with zero attached hydrogens (tertiary/aromatic N) is 2. The van der Waals surface area contributed by atoms with Crippen molar-refractivity contribution in [2.75, 3.05) is 31.3 Å². The van der Waals surface area contributed by atoms with E-state index >= 15 is 0 Å². The fourth-order valence-corrected chi connectivity index (χ4v) is 3.25. The smallest absolute Gasteiger partial charge is 0.231 e. The Morgan fingerprint density at radius 2 is 2.08 bits per heavy atom. The van der Waals surface area contributed by atoms with Gasteiger partial charge in [-0.2, -0.15) is 0 Å². The van der Waals surface area contributed by atoms with E-state index in [1.165, 1.54) is 0 Å². The summed E-state index contributed by atoms with van der Waals surface area (Å²) in [5.74, 6) is 1.52. The van der Waals surface area contributed by atoms with E-state index in [0.717, 1.165) is 12.2 Å². The molecule has 1 fully saturated rings. The van der Waals surface area contributed by atoms with E-state index in [1.807, 2.05) is 17.9 Å². The van der Waals surface area contributed by atoms with Crippen LogP contribution < -0.4 is 14.4 Å². The van der Waals surface area contributed by atoms with Crippen LogP contribution in [0.1, 0.15) is 27.2 Å². The Kier molecular flexibility index (Phi) is 4.64. The van der Waals surface area contributed by atoms with Gasteiger partial charge in [0.2, 0.25) is 18.6 Å². The summed E-state index contributed by atoms with van der Waals surface area (Å²) in [5, 5.41) is 0. The lowest BCUT2D eigenvalue weighted by atomic mass is 10.1. The highest BCUT2D eigenvalue weighted by Gasteiger charge is 2.37. The van der Waals surface area contributed by atoms with E-state index in [4.69, 9.17) is 9.47 Å². The summed E-state index contributed by atoms with van der Waals surface area (Å²) < 4.78 is 10.7. The number of ether oxygens (including phenoxy) is 2. The third-order valence-electron chi connectivity index (χ3n) is 4.42. The van der Waals surface area contributed by atoms with Gasteiger partial charge in [-0.15, -0.1) is 0 Å². The molecule has 1 atom stereocenters. The molecular formula is C18H24N2O4. The predicted octanol–water partition coefficient (Wildman–Crippen LogP) is 2.27. The van der Waals surface area contributed by atoms with Crippen LogP contribution in [-0.2, 0) is 9.59 Å². The van der Waals surface area contributed by atoms with Gasteiger partial charge in [0.25, 0.3) is 0 Å². The van der Waals surface area contributed by atoms with Crippen molar-refractivity contribution < 1.29 is 19.1 Å². The van der Waals surface area contributed by atoms with Crippen molar-refractivity contribution in [2.45, 2.75) is 27.2 Å². The van der Waals surface area contributed by atoms with E-state index in [9.17, 15) is 9.59 Å². The molecule has 1 saturated heterocycles. The number of fused-ring (bicyclic) bond motifs is 1. The molecule has 0 aliphatic carbocycles. The molecule has 0 N–H and O–H groups in total. The number of benzene rings is 1. The molecule has 2 aliphatic heterocycles. The Hall–Kier alpha value is -2.24. The molecule has 0 spiro atoms. The quantitative estimate of drug-likeness (QED) is 0.830. The molecule has 0 unspecified atom stereocenters. The molecule has 2 amide bonds. The van der Waals surface area contributed by atoms with Gasteiger partial charge in [0, 0.05) is 37.8 Å². The van der Waals surface area contributed by atoms with Crippen LogP contribution in [0.25, 0.3) is 0 Å². The fraction of sp³-hybridized carbons (Fsp3) is 0.556. The molecule has 2 aliphatic rings. The summed E-state index contributed by atoms with van der Waals surface area (Å²) in [6, 6.07) is 5.44. The molecule has 3 rings (SSSR count). The first-order valence-corrected chi connectivity index (χ1v) is 8.48. The maximum atomic E-state index is 12.7. The van der Waals surface area contributed by atoms with Gasteiger partial charge in [0.05, 0.1) is 5.92 Å². The molecule has 2 heterocycles. The minimum absolute atomic E-state index is 0.0205. The van der Waals surface area contributed by atoms with Crippen LogP contribution in [0, 0.1) is 11.8 Å². The van der Waals surface area contributed by atoms with Gasteiger partial charge in [-0.25, -0.2) is 0 Å². The minimum atomic E-state index is -0.276. The third-order valence-corrected chi connectivity index (χ3v) is 4.42. The molecule has 0 aromatic heterocycles. The van der Waals surface area contributed by atoms with E-state index in [-0.39, 0.29) is 30.9 Å². The van der Waals surface area contributed by atoms with Crippen molar-refractivity contribution in [2.24, 2.45) is 11.8 Å². The molecule has 0 saturated carbocycles. The average molecular weight is 332 g/mol. The van der Waals surface area contributed by atoms with E-state index < -0.39 is 0 Å². The summed E-state index contributed by atoms with van der Waals surface area (Å²) in [6.45, 7) is 8.19. The van der Waals surface area contributed by atoms with Crippen LogP contribution >= 0.6 is 0 Å². The molecule has 6 nitrogen and oxygen atoms in total. The van der Waals surface area contributed by atoms with Gasteiger partial charge in [-0.05, 0) is 25.0 Å². The van der Waals surface area contributed by atoms with Crippen LogP contribution in [-0.4, -0.2) is 43.1 Å². The Morgan fingerprint density at radius 1 is 1.33 bits per heavy atom. The summed E-state index contributed by atoms with van der Waals surface area (Å²) in [4.78, 5) is 28.7. The lowest BCUT2D eigenvalue weighted by Crippen LogP contribution is -2.39. The van der Waals surface area contributed by atoms with Crippen molar-refractivity contribution in [3.05, 3.63) is 18.2 Å². The van der Waals surface area contributed by atoms with Crippen LogP contribution in [0.3, 0.4) is 0 Å². The van der Waals surface area contributed by atoms with Gasteiger partial charge in [0.15, 0.2) is 11.5 Å². The van der Waals surface area contributed by atoms with E-state index in [0.29, 0.717) is 30.5 Å². The fourth-order valence-electron chi connectivity index (χ4n) is 3.25. The summed E-state index contributed by atoms with van der Waals surface area (Å²) in [6.07, 6.45) is 0.266. The van der Waals surface area contributed by atoms with Crippen molar-refractivity contribution in [1.29, 1.82) is 0 Å². The molecule has 0 bridgehead atoms. The van der Waals surface area contributed by atoms with Crippen LogP contribution in [0.2, 0.25) is 0 Å². The van der Waals surface area contributed by atoms with Crippen LogP contribution in [0.4, 0.5) is 5.69 Å². The summed E-state index contributed by atoms with van der Waals surface area (Å²) >= 11 is 0. The number of carbonyl (C=O) groups excluding carboxylic acids is 2. The Balaban J connectivity index is 1.72. The topological polar surface area (TPSA) is 59.1 Å². The van der Waals surface area contributed by atoms with E-state index in [2.05, 4.69) is 13.8 Å². The van der Waals surface area contributed by atoms with Crippen LogP contribution in [0.15, 0.2) is 18.2 Å². The van der Waals surface area contributed by atoms with Gasteiger partial charge < -0.3 is 19.3 Å². The van der Waals surface area contributed by atoms with Gasteiger partial charge in [0.1, 0.15) is 0 Å². The first-order valence-electron chi connectivity index (χ1n) is 8.48. The number of hydrogen-bond donors (Lipinski definition) is 0. The highest BCUT2D eigenvalue weighted by molar-refractivity contribution is 6.00. The first kappa shape index (κ1) is 16.6. The van der Waals surface area contributed by atoms with Crippen LogP contribution in [0.5, 0.6) is 11.5 Å². The zero-order valence-corrected chi connectivity index (χ0v) is 14.4. The molecule has 24 heavy (non-hydrogen) atoms. The number of hydrogen-bond acceptors (Lipinski definition) is 4. The number of carbonyl (C=O) groups is 2. The zero-order valence-electron chi connectivity index (χ0n) is 14.4. The second-order valence-corrected chi connectivity index (χ2v) is 6.71. The largest absolute Gasteiger partial charge is 0.454 e. The standard InChI is InChI=1S/C18H24N2O4/c1-4-19(9-12(2)3)18(22)13-7-17(21)20(10-13)14-5-6-15-16(8-14)24-11-23-15/h5-6,8,12-13H,4,7,9-11H2,1-3H3/t13-/m1/s1. The maximum absolute atomic E-state index is 12.7. The van der Waals surface area contributed by atoms with Crippen molar-refractivity contribution >= 4 is 17.5 Å². The molecule has 6 heteroatoms. The molecule has 1 aromatic carbocycles. The number of rotatable bonds is 5. The maximum Gasteiger partial charge on any atom is 0.231 e. The van der Waals surface area contributed by atoms with Crippen molar-refractivity contribution in [3.63, 3.8) is 0 Å². The zero-order chi connectivity index (χ0) is 17.3. The predicted molar refractivity (Wildman–Crippen MR) is 90.1 cm³/mol. The Bertz CT molecular complexity index is 644.